The number of rotatable bonds is 5. The third-order valence-corrected chi connectivity index (χ3v) is 4.29. The van der Waals surface area contributed by atoms with Crippen molar-refractivity contribution in [3.63, 3.8) is 0 Å². The topological polar surface area (TPSA) is 73.9 Å². The highest BCUT2D eigenvalue weighted by Gasteiger charge is 2.24. The third-order valence-electron chi connectivity index (χ3n) is 4.29. The largest absolute Gasteiger partial charge is 0.324 e. The Kier molecular flexibility index (Phi) is 5.20. The molecule has 1 aromatic heterocycles. The van der Waals surface area contributed by atoms with Crippen LogP contribution in [-0.4, -0.2) is 45.6 Å². The number of anilines is 1. The van der Waals surface area contributed by atoms with Gasteiger partial charge in [0, 0.05) is 25.4 Å². The minimum atomic E-state index is -0.413. The van der Waals surface area contributed by atoms with Gasteiger partial charge in [0.1, 0.15) is 11.6 Å². The number of nitrogens with zero attached hydrogens (tertiary/aromatic N) is 3. The lowest BCUT2D eigenvalue weighted by atomic mass is 9.97. The number of aromatic amines is 1. The molecule has 0 bridgehead atoms. The van der Waals surface area contributed by atoms with E-state index in [1.54, 1.807) is 18.2 Å². The minimum absolute atomic E-state index is 0.170. The molecule has 2 heterocycles. The van der Waals surface area contributed by atoms with Crippen LogP contribution in [0.15, 0.2) is 24.3 Å². The van der Waals surface area contributed by atoms with Gasteiger partial charge in [-0.15, -0.1) is 0 Å². The molecule has 1 fully saturated rings. The average molecular weight is 331 g/mol. The normalized spacial score (nSPS) is 18.5. The molecule has 0 aliphatic carbocycles. The molecule has 1 aliphatic rings. The molecule has 6 nitrogen and oxygen atoms in total. The van der Waals surface area contributed by atoms with Crippen molar-refractivity contribution in [3.8, 4) is 0 Å². The van der Waals surface area contributed by atoms with Crippen LogP contribution in [0.25, 0.3) is 0 Å². The fourth-order valence-corrected chi connectivity index (χ4v) is 3.05. The van der Waals surface area contributed by atoms with E-state index in [9.17, 15) is 9.18 Å². The van der Waals surface area contributed by atoms with Crippen molar-refractivity contribution in [1.29, 1.82) is 0 Å². The molecule has 128 valence electrons. The number of piperidine rings is 1. The number of nitrogens with one attached hydrogen (secondary N) is 2. The maximum absolute atomic E-state index is 13.5. The summed E-state index contributed by atoms with van der Waals surface area (Å²) in [4.78, 5) is 18.7. The van der Waals surface area contributed by atoms with Gasteiger partial charge in [-0.05, 0) is 38.4 Å². The Hall–Kier alpha value is -2.28. The van der Waals surface area contributed by atoms with Gasteiger partial charge in [-0.2, -0.15) is 5.10 Å². The monoisotopic (exact) mass is 331 g/mol. The molecule has 2 N–H and O–H groups in total. The van der Waals surface area contributed by atoms with E-state index in [1.807, 2.05) is 6.92 Å². The number of carbonyl (C=O) groups is 1. The minimum Gasteiger partial charge on any atom is -0.324 e. The quantitative estimate of drug-likeness (QED) is 0.883. The Morgan fingerprint density at radius 1 is 1.46 bits per heavy atom. The molecule has 1 amide bonds. The summed E-state index contributed by atoms with van der Waals surface area (Å²) in [6.07, 6.45) is 2.47. The summed E-state index contributed by atoms with van der Waals surface area (Å²) in [6, 6.07) is 6.20. The second-order valence-corrected chi connectivity index (χ2v) is 6.20. The second kappa shape index (κ2) is 7.53. The number of H-pyrrole nitrogens is 1. The van der Waals surface area contributed by atoms with E-state index in [2.05, 4.69) is 25.4 Å². The van der Waals surface area contributed by atoms with Crippen molar-refractivity contribution < 1.29 is 9.18 Å². The maximum Gasteiger partial charge on any atom is 0.225 e. The van der Waals surface area contributed by atoms with Gasteiger partial charge >= 0.3 is 0 Å². The van der Waals surface area contributed by atoms with Gasteiger partial charge in [0.2, 0.25) is 5.91 Å². The number of para-hydroxylation sites is 1. The van der Waals surface area contributed by atoms with Crippen LogP contribution in [0.5, 0.6) is 0 Å². The molecule has 0 radical (unpaired) electrons. The lowest BCUT2D eigenvalue weighted by molar-refractivity contribution is -0.116. The van der Waals surface area contributed by atoms with Gasteiger partial charge in [-0.25, -0.2) is 9.37 Å². The van der Waals surface area contributed by atoms with Crippen molar-refractivity contribution in [2.45, 2.75) is 32.1 Å². The van der Waals surface area contributed by atoms with Gasteiger partial charge in [0.15, 0.2) is 5.82 Å². The van der Waals surface area contributed by atoms with E-state index in [4.69, 9.17) is 0 Å². The predicted molar refractivity (Wildman–Crippen MR) is 89.2 cm³/mol. The fourth-order valence-electron chi connectivity index (χ4n) is 3.05. The number of likely N-dealkylation sites (tertiary alicyclic amines) is 1. The lowest BCUT2D eigenvalue weighted by Crippen LogP contribution is -2.36. The first-order valence-electron chi connectivity index (χ1n) is 8.27. The van der Waals surface area contributed by atoms with E-state index in [0.717, 1.165) is 37.6 Å². The molecule has 24 heavy (non-hydrogen) atoms. The number of aryl methyl sites for hydroxylation is 1. The van der Waals surface area contributed by atoms with Crippen LogP contribution in [-0.2, 0) is 4.79 Å². The van der Waals surface area contributed by atoms with Gasteiger partial charge in [-0.1, -0.05) is 12.1 Å². The number of halogens is 1. The van der Waals surface area contributed by atoms with E-state index >= 15 is 0 Å². The Labute approximate surface area is 140 Å². The molecule has 7 heteroatoms. The molecule has 0 spiro atoms. The molecule has 1 unspecified atom stereocenters. The number of carbonyl (C=O) groups excluding carboxylic acids is 1. The Morgan fingerprint density at radius 2 is 2.29 bits per heavy atom. The Morgan fingerprint density at radius 3 is 3.04 bits per heavy atom. The van der Waals surface area contributed by atoms with E-state index in [1.165, 1.54) is 6.07 Å². The highest BCUT2D eigenvalue weighted by molar-refractivity contribution is 5.90. The van der Waals surface area contributed by atoms with E-state index in [0.29, 0.717) is 18.9 Å². The molecular formula is C17H22FN5O. The van der Waals surface area contributed by atoms with E-state index in [-0.39, 0.29) is 11.6 Å². The summed E-state index contributed by atoms with van der Waals surface area (Å²) in [5, 5.41) is 9.76. The molecule has 3 rings (SSSR count). The highest BCUT2D eigenvalue weighted by atomic mass is 19.1. The maximum atomic E-state index is 13.5. The van der Waals surface area contributed by atoms with E-state index < -0.39 is 5.82 Å². The summed E-state index contributed by atoms with van der Waals surface area (Å²) < 4.78 is 13.5. The zero-order valence-corrected chi connectivity index (χ0v) is 13.8. The second-order valence-electron chi connectivity index (χ2n) is 6.20. The lowest BCUT2D eigenvalue weighted by Gasteiger charge is -2.31. The zero-order chi connectivity index (χ0) is 16.9. The van der Waals surface area contributed by atoms with Crippen LogP contribution < -0.4 is 5.32 Å². The standard InChI is InChI=1S/C17H22FN5O/c1-12-19-17(22-21-12)13-5-4-9-23(11-13)10-8-16(24)20-15-7-3-2-6-14(15)18/h2-3,6-7,13H,4-5,8-11H2,1H3,(H,20,24)(H,19,21,22). The number of benzene rings is 1. The summed E-state index contributed by atoms with van der Waals surface area (Å²) >= 11 is 0. The smallest absolute Gasteiger partial charge is 0.225 e. The fraction of sp³-hybridized carbons (Fsp3) is 0.471. The number of amides is 1. The van der Waals surface area contributed by atoms with Gasteiger partial charge in [0.05, 0.1) is 5.69 Å². The van der Waals surface area contributed by atoms with Crippen molar-refractivity contribution in [1.82, 2.24) is 20.1 Å². The first-order valence-corrected chi connectivity index (χ1v) is 8.27. The SMILES string of the molecule is Cc1nc(C2CCCN(CCC(=O)Nc3ccccc3F)C2)n[nH]1. The molecule has 1 atom stereocenters. The van der Waals surface area contributed by atoms with Crippen LogP contribution in [0.4, 0.5) is 10.1 Å². The van der Waals surface area contributed by atoms with Crippen molar-refractivity contribution in [2.75, 3.05) is 25.0 Å². The summed E-state index contributed by atoms with van der Waals surface area (Å²) in [6.45, 7) is 4.36. The molecule has 1 aliphatic heterocycles. The van der Waals surface area contributed by atoms with Crippen LogP contribution in [0.3, 0.4) is 0 Å². The molecule has 2 aromatic rings. The van der Waals surface area contributed by atoms with Crippen LogP contribution in [0.2, 0.25) is 0 Å². The number of aromatic nitrogens is 3. The molecular weight excluding hydrogens is 309 g/mol. The summed E-state index contributed by atoms with van der Waals surface area (Å²) in [7, 11) is 0. The highest BCUT2D eigenvalue weighted by Crippen LogP contribution is 2.24. The first-order chi connectivity index (χ1) is 11.6. The van der Waals surface area contributed by atoms with Crippen molar-refractivity contribution in [3.05, 3.63) is 41.7 Å². The average Bonchev–Trinajstić information content (AvgIpc) is 3.02. The summed E-state index contributed by atoms with van der Waals surface area (Å²) in [5.41, 5.74) is 0.232. The molecule has 1 aromatic carbocycles. The molecule has 0 saturated carbocycles. The third kappa shape index (κ3) is 4.17. The van der Waals surface area contributed by atoms with Crippen molar-refractivity contribution in [2.24, 2.45) is 0 Å². The van der Waals surface area contributed by atoms with Gasteiger partial charge in [0.25, 0.3) is 0 Å². The number of hydrogen-bond acceptors (Lipinski definition) is 4. The predicted octanol–water partition coefficient (Wildman–Crippen LogP) is 2.46. The Balaban J connectivity index is 1.49. The van der Waals surface area contributed by atoms with Crippen LogP contribution >= 0.6 is 0 Å². The van der Waals surface area contributed by atoms with Gasteiger partial charge in [-0.3, -0.25) is 9.89 Å². The zero-order valence-electron chi connectivity index (χ0n) is 13.8. The molecule has 1 saturated heterocycles. The van der Waals surface area contributed by atoms with Gasteiger partial charge < -0.3 is 10.2 Å². The Bertz CT molecular complexity index is 702. The van der Waals surface area contributed by atoms with Crippen LogP contribution in [0.1, 0.15) is 36.8 Å². The van der Waals surface area contributed by atoms with Crippen LogP contribution in [0, 0.1) is 12.7 Å². The summed E-state index contributed by atoms with van der Waals surface area (Å²) in [5.74, 6) is 1.40. The first kappa shape index (κ1) is 16.6. The number of hydrogen-bond donors (Lipinski definition) is 2. The van der Waals surface area contributed by atoms with Crippen molar-refractivity contribution >= 4 is 11.6 Å².